The monoisotopic (exact) mass is 470 g/mol. The molecule has 2 aromatic rings. The van der Waals surface area contributed by atoms with E-state index < -0.39 is 36.5 Å². The van der Waals surface area contributed by atoms with Crippen molar-refractivity contribution in [3.63, 3.8) is 0 Å². The van der Waals surface area contributed by atoms with E-state index in [2.05, 4.69) is 10.2 Å². The molecular weight excluding hydrogens is 439 g/mol. The summed E-state index contributed by atoms with van der Waals surface area (Å²) in [5, 5.41) is 4.98. The number of carbonyl (C=O) groups is 3. The fraction of sp³-hybridized carbons (Fsp3) is 0.400. The first-order valence-corrected chi connectivity index (χ1v) is 11.1. The fourth-order valence-corrected chi connectivity index (χ4v) is 4.40. The zero-order valence-electron chi connectivity index (χ0n) is 22.4. The van der Waals surface area contributed by atoms with Crippen LogP contribution in [0.2, 0.25) is 0 Å². The average molecular weight is 471 g/mol. The summed E-state index contributed by atoms with van der Waals surface area (Å²) in [7, 11) is 0. The molecule has 9 heteroatoms. The number of carbonyl (C=O) groups excluding carboxylic acids is 3. The second-order valence-electron chi connectivity index (χ2n) is 8.42. The minimum atomic E-state index is -3.02. The molecule has 5 rings (SSSR count). The fourth-order valence-electron chi connectivity index (χ4n) is 4.40. The molecule has 0 aromatic heterocycles. The van der Waals surface area contributed by atoms with Gasteiger partial charge in [0.1, 0.15) is 11.9 Å². The Labute approximate surface area is 202 Å². The first kappa shape index (κ1) is 18.1. The Morgan fingerprint density at radius 1 is 1.18 bits per heavy atom. The summed E-state index contributed by atoms with van der Waals surface area (Å²) in [5.41, 5.74) is 2.48. The van der Waals surface area contributed by atoms with Gasteiger partial charge in [-0.1, -0.05) is 18.2 Å². The van der Waals surface area contributed by atoms with Gasteiger partial charge in [0.05, 0.1) is 13.2 Å². The van der Waals surface area contributed by atoms with Gasteiger partial charge in [0.15, 0.2) is 0 Å². The second kappa shape index (κ2) is 9.52. The van der Waals surface area contributed by atoms with Gasteiger partial charge >= 0.3 is 0 Å². The Bertz CT molecular complexity index is 1300. The summed E-state index contributed by atoms with van der Waals surface area (Å²) in [4.78, 5) is 40.8. The molecule has 34 heavy (non-hydrogen) atoms. The number of halogens is 1. The van der Waals surface area contributed by atoms with E-state index in [4.69, 9.17) is 10.2 Å². The molecule has 0 radical (unpaired) electrons. The highest BCUT2D eigenvalue weighted by atomic mass is 19.1. The molecule has 3 heterocycles. The molecule has 2 saturated heterocycles. The highest BCUT2D eigenvalue weighted by Gasteiger charge is 2.39. The molecule has 2 N–H and O–H groups in total. The number of amides is 3. The third-order valence-corrected chi connectivity index (χ3v) is 6.21. The van der Waals surface area contributed by atoms with Gasteiger partial charge < -0.3 is 15.0 Å². The van der Waals surface area contributed by atoms with Crippen molar-refractivity contribution in [1.82, 2.24) is 15.1 Å². The van der Waals surface area contributed by atoms with Crippen LogP contribution >= 0.6 is 0 Å². The van der Waals surface area contributed by atoms with Gasteiger partial charge in [-0.05, 0) is 30.1 Å². The van der Waals surface area contributed by atoms with Crippen molar-refractivity contribution >= 4 is 23.4 Å². The third-order valence-electron chi connectivity index (χ3n) is 6.21. The zero-order valence-corrected chi connectivity index (χ0v) is 18.4. The minimum absolute atomic E-state index is 0.121. The van der Waals surface area contributed by atoms with Crippen molar-refractivity contribution in [3.8, 4) is 0 Å². The molecule has 2 fully saturated rings. The number of benzene rings is 2. The van der Waals surface area contributed by atoms with Gasteiger partial charge in [0, 0.05) is 67.0 Å². The van der Waals surface area contributed by atoms with Crippen LogP contribution in [0.4, 0.5) is 10.1 Å². The third kappa shape index (κ3) is 4.53. The molecule has 0 aliphatic carbocycles. The number of nitrogens with zero attached hydrogens (tertiary/aromatic N) is 2. The van der Waals surface area contributed by atoms with Crippen LogP contribution in [0.1, 0.15) is 45.3 Å². The van der Waals surface area contributed by atoms with Crippen molar-refractivity contribution in [2.45, 2.75) is 38.4 Å². The lowest BCUT2D eigenvalue weighted by Gasteiger charge is -2.29. The number of nitrogens with one attached hydrogen (secondary N) is 2. The van der Waals surface area contributed by atoms with Crippen LogP contribution in [-0.4, -0.2) is 59.9 Å². The minimum Gasteiger partial charge on any atom is -0.381 e. The van der Waals surface area contributed by atoms with Gasteiger partial charge in [-0.25, -0.2) is 4.39 Å². The number of anilines is 1. The van der Waals surface area contributed by atoms with E-state index in [0.717, 1.165) is 23.6 Å². The van der Waals surface area contributed by atoms with E-state index in [9.17, 15) is 18.8 Å². The van der Waals surface area contributed by atoms with Crippen LogP contribution in [0.25, 0.3) is 0 Å². The molecule has 3 aliphatic rings. The van der Waals surface area contributed by atoms with E-state index >= 15 is 0 Å². The largest absolute Gasteiger partial charge is 0.381 e. The molecule has 0 spiro atoms. The lowest BCUT2D eigenvalue weighted by molar-refractivity contribution is -0.136. The first-order valence-electron chi connectivity index (χ1n) is 13.1. The molecule has 0 bridgehead atoms. The van der Waals surface area contributed by atoms with Crippen molar-refractivity contribution < 1.29 is 29.0 Å². The van der Waals surface area contributed by atoms with Gasteiger partial charge in [-0.3, -0.25) is 24.6 Å². The van der Waals surface area contributed by atoms with Crippen LogP contribution < -0.4 is 10.6 Å². The molecule has 1 atom stereocenters. The number of morpholine rings is 1. The summed E-state index contributed by atoms with van der Waals surface area (Å²) in [5.74, 6) is -3.48. The maximum Gasteiger partial charge on any atom is 0.255 e. The topological polar surface area (TPSA) is 91.0 Å². The lowest BCUT2D eigenvalue weighted by Crippen LogP contribution is -2.52. The van der Waals surface area contributed by atoms with Crippen molar-refractivity contribution in [3.05, 3.63) is 64.5 Å². The summed E-state index contributed by atoms with van der Waals surface area (Å²) in [6, 6.07) is 8.07. The Morgan fingerprint density at radius 3 is 2.79 bits per heavy atom. The van der Waals surface area contributed by atoms with Gasteiger partial charge in [0.2, 0.25) is 11.8 Å². The first-order chi connectivity index (χ1) is 18.0. The normalized spacial score (nSPS) is 25.6. The van der Waals surface area contributed by atoms with E-state index in [-0.39, 0.29) is 24.5 Å². The van der Waals surface area contributed by atoms with Gasteiger partial charge in [0.25, 0.3) is 5.91 Å². The molecule has 1 unspecified atom stereocenters. The predicted molar refractivity (Wildman–Crippen MR) is 122 cm³/mol. The zero-order chi connectivity index (χ0) is 27.2. The van der Waals surface area contributed by atoms with E-state index in [1.807, 2.05) is 11.4 Å². The Hall–Kier alpha value is -3.30. The number of ether oxygens (including phenoxy) is 1. The highest BCUT2D eigenvalue weighted by molar-refractivity contribution is 6.06. The Balaban J connectivity index is 1.32. The van der Waals surface area contributed by atoms with Crippen LogP contribution in [0.3, 0.4) is 0 Å². The lowest BCUT2D eigenvalue weighted by atomic mass is 10.0. The quantitative estimate of drug-likeness (QED) is 0.628. The molecule has 8 nitrogen and oxygen atoms in total. The van der Waals surface area contributed by atoms with E-state index in [1.54, 1.807) is 18.2 Å². The van der Waals surface area contributed by atoms with Crippen LogP contribution in [-0.2, 0) is 34.0 Å². The van der Waals surface area contributed by atoms with E-state index in [1.165, 1.54) is 12.1 Å². The molecular formula is C25H27FN4O4. The molecule has 178 valence electrons. The number of piperidine rings is 1. The molecule has 3 aliphatic heterocycles. The second-order valence-corrected chi connectivity index (χ2v) is 8.42. The number of hydrogen-bond acceptors (Lipinski definition) is 6. The summed E-state index contributed by atoms with van der Waals surface area (Å²) in [6.45, 7) is 3.48. The summed E-state index contributed by atoms with van der Waals surface area (Å²) in [6.07, 6.45) is -5.98. The van der Waals surface area contributed by atoms with Crippen LogP contribution in [0.5, 0.6) is 0 Å². The molecule has 0 saturated carbocycles. The number of fused-ring (bicyclic) bond motifs is 1. The van der Waals surface area contributed by atoms with Gasteiger partial charge in [-0.15, -0.1) is 0 Å². The van der Waals surface area contributed by atoms with Crippen molar-refractivity contribution in [1.29, 1.82) is 0 Å². The molecule has 3 amide bonds. The summed E-state index contributed by atoms with van der Waals surface area (Å²) < 4.78 is 52.5. The number of rotatable bonds is 6. The van der Waals surface area contributed by atoms with Crippen LogP contribution in [0.15, 0.2) is 36.4 Å². The van der Waals surface area contributed by atoms with E-state index in [0.29, 0.717) is 36.6 Å². The number of imide groups is 1. The highest BCUT2D eigenvalue weighted by Crippen LogP contribution is 2.32. The maximum absolute atomic E-state index is 14.9. The predicted octanol–water partition coefficient (Wildman–Crippen LogP) is 2.03. The maximum atomic E-state index is 14.9. The van der Waals surface area contributed by atoms with Crippen molar-refractivity contribution in [2.75, 3.05) is 31.6 Å². The average Bonchev–Trinajstić information content (AvgIpc) is 3.19. The Kier molecular flexibility index (Phi) is 5.06. The number of hydrogen-bond donors (Lipinski definition) is 2. The standard InChI is InChI=1S/C25H27FN4O4/c26-20-12-16(14-29-8-10-34-11-9-29)4-5-17(20)13-27-21-3-1-2-18-19(21)15-30(25(18)33)22-6-7-23(31)28-24(22)32/h1-5,12,22,27H,6-11,13-15H2,(H,28,31,32)/i6D2,7D2. The SMILES string of the molecule is [2H]C1([2H])C(=O)NC(=O)C(N2Cc3c(NCc4ccc(CN5CCOCC5)cc4F)cccc3C2=O)C1([2H])[2H]. The smallest absolute Gasteiger partial charge is 0.255 e. The molecule has 2 aromatic carbocycles. The Morgan fingerprint density at radius 2 is 2.00 bits per heavy atom. The summed E-state index contributed by atoms with van der Waals surface area (Å²) >= 11 is 0. The van der Waals surface area contributed by atoms with Crippen molar-refractivity contribution in [2.24, 2.45) is 0 Å². The van der Waals surface area contributed by atoms with Gasteiger partial charge in [-0.2, -0.15) is 0 Å². The van der Waals surface area contributed by atoms with Crippen LogP contribution in [0, 0.1) is 5.82 Å².